The van der Waals surface area contributed by atoms with Gasteiger partial charge in [-0.1, -0.05) is 24.3 Å². The molecule has 0 saturated heterocycles. The first-order valence-corrected chi connectivity index (χ1v) is 3.60. The Morgan fingerprint density at radius 1 is 1.18 bits per heavy atom. The van der Waals surface area contributed by atoms with Gasteiger partial charge in [0.15, 0.2) is 5.82 Å². The number of fused-ring (bicyclic) bond motifs is 3. The molecule has 0 atom stereocenters. The molecule has 2 nitrogen and oxygen atoms in total. The molecule has 52 valence electrons. The lowest BCUT2D eigenvalue weighted by Crippen LogP contribution is -1.67. The Balaban J connectivity index is 2.56. The standard InChI is InChI=1S/C9H6N2/c1-2-4-7-6(3-1)5-10-9-8(7)11-9/h1-5H,(H,10,11). The van der Waals surface area contributed by atoms with Crippen molar-refractivity contribution in [3.05, 3.63) is 30.5 Å². The van der Waals surface area contributed by atoms with Crippen molar-refractivity contribution >= 4 is 22.3 Å². The van der Waals surface area contributed by atoms with Gasteiger partial charge in [-0.3, -0.25) is 0 Å². The molecule has 0 amide bonds. The Labute approximate surface area is 63.9 Å². The zero-order chi connectivity index (χ0) is 7.26. The maximum Gasteiger partial charge on any atom is 0.154 e. The number of anilines is 2. The van der Waals surface area contributed by atoms with Crippen molar-refractivity contribution in [2.75, 3.05) is 5.32 Å². The zero-order valence-electron chi connectivity index (χ0n) is 5.83. The molecule has 11 heavy (non-hydrogen) atoms. The molecule has 0 radical (unpaired) electrons. The van der Waals surface area contributed by atoms with Crippen LogP contribution in [0.1, 0.15) is 0 Å². The summed E-state index contributed by atoms with van der Waals surface area (Å²) >= 11 is 0. The SMILES string of the molecule is c1ccc2c3c(ncc2c1)N3. The summed E-state index contributed by atoms with van der Waals surface area (Å²) in [5.41, 5.74) is 1.20. The van der Waals surface area contributed by atoms with Gasteiger partial charge in [-0.2, -0.15) is 0 Å². The molecule has 2 aromatic rings. The van der Waals surface area contributed by atoms with E-state index in [1.807, 2.05) is 18.3 Å². The van der Waals surface area contributed by atoms with Crippen molar-refractivity contribution in [1.82, 2.24) is 4.98 Å². The van der Waals surface area contributed by atoms with Crippen molar-refractivity contribution in [2.45, 2.75) is 0 Å². The molecule has 0 fully saturated rings. The first-order chi connectivity index (χ1) is 5.45. The van der Waals surface area contributed by atoms with E-state index in [-0.39, 0.29) is 0 Å². The van der Waals surface area contributed by atoms with Gasteiger partial charge in [0.2, 0.25) is 0 Å². The van der Waals surface area contributed by atoms with Crippen LogP contribution in [-0.2, 0) is 0 Å². The van der Waals surface area contributed by atoms with E-state index in [1.54, 1.807) is 0 Å². The van der Waals surface area contributed by atoms with Gasteiger partial charge in [0.25, 0.3) is 0 Å². The van der Waals surface area contributed by atoms with Crippen molar-refractivity contribution in [3.8, 4) is 0 Å². The third-order valence-corrected chi connectivity index (χ3v) is 1.98. The van der Waals surface area contributed by atoms with Gasteiger partial charge in [-0.25, -0.2) is 4.98 Å². The lowest BCUT2D eigenvalue weighted by Gasteiger charge is -1.89. The van der Waals surface area contributed by atoms with Crippen LogP contribution in [-0.4, -0.2) is 4.98 Å². The fourth-order valence-electron chi connectivity index (χ4n) is 1.35. The Hall–Kier alpha value is -1.57. The van der Waals surface area contributed by atoms with Gasteiger partial charge < -0.3 is 5.32 Å². The van der Waals surface area contributed by atoms with Gasteiger partial charge in [0, 0.05) is 17.0 Å². The quantitative estimate of drug-likeness (QED) is 0.489. The molecule has 1 aliphatic rings. The molecular formula is C9H6N2. The molecule has 0 aliphatic carbocycles. The third-order valence-electron chi connectivity index (χ3n) is 1.98. The monoisotopic (exact) mass is 142 g/mol. The molecule has 1 aliphatic heterocycles. The fraction of sp³-hybridized carbons (Fsp3) is 0. The molecule has 1 aromatic heterocycles. The van der Waals surface area contributed by atoms with Crippen LogP contribution in [0.25, 0.3) is 10.8 Å². The Morgan fingerprint density at radius 3 is 3.09 bits per heavy atom. The molecule has 3 rings (SSSR count). The second-order valence-corrected chi connectivity index (χ2v) is 2.69. The van der Waals surface area contributed by atoms with E-state index < -0.39 is 0 Å². The predicted molar refractivity (Wildman–Crippen MR) is 45.0 cm³/mol. The van der Waals surface area contributed by atoms with Crippen molar-refractivity contribution in [1.29, 1.82) is 0 Å². The summed E-state index contributed by atoms with van der Waals surface area (Å²) in [4.78, 5) is 4.19. The van der Waals surface area contributed by atoms with Gasteiger partial charge in [0.1, 0.15) is 0 Å². The Bertz CT molecular complexity index is 435. The lowest BCUT2D eigenvalue weighted by atomic mass is 10.2. The van der Waals surface area contributed by atoms with Gasteiger partial charge in [0.05, 0.1) is 5.69 Å². The number of pyridine rings is 1. The van der Waals surface area contributed by atoms with Crippen LogP contribution >= 0.6 is 0 Å². The zero-order valence-corrected chi connectivity index (χ0v) is 5.83. The average Bonchev–Trinajstić information content (AvgIpc) is 2.83. The summed E-state index contributed by atoms with van der Waals surface area (Å²) in [7, 11) is 0. The van der Waals surface area contributed by atoms with Crippen LogP contribution in [0.15, 0.2) is 30.5 Å². The van der Waals surface area contributed by atoms with E-state index >= 15 is 0 Å². The number of hydrogen-bond donors (Lipinski definition) is 1. The minimum atomic E-state index is 1.03. The van der Waals surface area contributed by atoms with Gasteiger partial charge >= 0.3 is 0 Å². The first-order valence-electron chi connectivity index (χ1n) is 3.60. The molecule has 0 saturated carbocycles. The number of nitrogens with one attached hydrogen (secondary N) is 1. The molecule has 0 bridgehead atoms. The van der Waals surface area contributed by atoms with Gasteiger partial charge in [-0.15, -0.1) is 0 Å². The summed E-state index contributed by atoms with van der Waals surface area (Å²) < 4.78 is 0. The highest BCUT2D eigenvalue weighted by Gasteiger charge is 2.19. The second kappa shape index (κ2) is 1.53. The van der Waals surface area contributed by atoms with E-state index in [9.17, 15) is 0 Å². The smallest absolute Gasteiger partial charge is 0.154 e. The van der Waals surface area contributed by atoms with Crippen LogP contribution in [0.2, 0.25) is 0 Å². The number of rotatable bonds is 0. The Morgan fingerprint density at radius 2 is 2.09 bits per heavy atom. The summed E-state index contributed by atoms with van der Waals surface area (Å²) in [6, 6.07) is 8.25. The minimum absolute atomic E-state index is 1.03. The molecule has 1 N–H and O–H groups in total. The van der Waals surface area contributed by atoms with Crippen molar-refractivity contribution < 1.29 is 0 Å². The highest BCUT2D eigenvalue weighted by Crippen LogP contribution is 2.41. The van der Waals surface area contributed by atoms with E-state index in [0.717, 1.165) is 5.82 Å². The first kappa shape index (κ1) is 5.13. The summed E-state index contributed by atoms with van der Waals surface area (Å²) in [6.07, 6.45) is 1.90. The summed E-state index contributed by atoms with van der Waals surface area (Å²) in [5.74, 6) is 1.03. The van der Waals surface area contributed by atoms with Crippen molar-refractivity contribution in [2.24, 2.45) is 0 Å². The number of nitrogens with zero attached hydrogens (tertiary/aromatic N) is 1. The predicted octanol–water partition coefficient (Wildman–Crippen LogP) is 2.29. The van der Waals surface area contributed by atoms with Crippen molar-refractivity contribution in [3.63, 3.8) is 0 Å². The van der Waals surface area contributed by atoms with Crippen LogP contribution in [0.5, 0.6) is 0 Å². The molecule has 1 aromatic carbocycles. The molecular weight excluding hydrogens is 136 g/mol. The molecule has 0 unspecified atom stereocenters. The molecule has 2 heterocycles. The largest absolute Gasteiger partial charge is 0.335 e. The number of benzene rings is 1. The second-order valence-electron chi connectivity index (χ2n) is 2.69. The Kier molecular flexibility index (Phi) is 0.714. The third kappa shape index (κ3) is 0.584. The van der Waals surface area contributed by atoms with E-state index in [0.29, 0.717) is 0 Å². The summed E-state index contributed by atoms with van der Waals surface area (Å²) in [5, 5.41) is 5.60. The van der Waals surface area contributed by atoms with E-state index in [4.69, 9.17) is 0 Å². The maximum absolute atomic E-state index is 4.19. The highest BCUT2D eigenvalue weighted by atomic mass is 15.1. The van der Waals surface area contributed by atoms with Gasteiger partial charge in [-0.05, 0) is 0 Å². The topological polar surface area (TPSA) is 34.8 Å². The maximum atomic E-state index is 4.19. The van der Waals surface area contributed by atoms with E-state index in [2.05, 4.69) is 22.4 Å². The van der Waals surface area contributed by atoms with E-state index in [1.165, 1.54) is 16.5 Å². The normalized spacial score (nSPS) is 12.4. The number of hydrogen-bond acceptors (Lipinski definition) is 2. The summed E-state index contributed by atoms with van der Waals surface area (Å²) in [6.45, 7) is 0. The fourth-order valence-corrected chi connectivity index (χ4v) is 1.35. The van der Waals surface area contributed by atoms with Crippen LogP contribution in [0, 0.1) is 0 Å². The molecule has 2 heteroatoms. The van der Waals surface area contributed by atoms with Crippen LogP contribution in [0.4, 0.5) is 11.5 Å². The van der Waals surface area contributed by atoms with Crippen LogP contribution < -0.4 is 5.32 Å². The van der Waals surface area contributed by atoms with Crippen LogP contribution in [0.3, 0.4) is 0 Å². The minimum Gasteiger partial charge on any atom is -0.335 e. The lowest BCUT2D eigenvalue weighted by molar-refractivity contribution is 1.44. The number of aromatic nitrogens is 1. The average molecular weight is 142 g/mol. The highest BCUT2D eigenvalue weighted by molar-refractivity contribution is 6.08. The molecule has 0 spiro atoms.